The number of benzene rings is 1. The first kappa shape index (κ1) is 21.8. The van der Waals surface area contributed by atoms with Gasteiger partial charge in [-0.15, -0.1) is 0 Å². The molecule has 1 atom stereocenters. The normalized spacial score (nSPS) is 12.0. The van der Waals surface area contributed by atoms with Crippen molar-refractivity contribution in [2.45, 2.75) is 22.3 Å². The van der Waals surface area contributed by atoms with Crippen LogP contribution < -0.4 is 0 Å². The number of rotatable bonds is 8. The van der Waals surface area contributed by atoms with E-state index in [2.05, 4.69) is 4.74 Å². The van der Waals surface area contributed by atoms with Crippen LogP contribution in [0.15, 0.2) is 30.3 Å². The van der Waals surface area contributed by atoms with E-state index in [1.165, 1.54) is 0 Å². The quantitative estimate of drug-likeness (QED) is 0.468. The summed E-state index contributed by atoms with van der Waals surface area (Å²) < 4.78 is 9.53. The lowest BCUT2D eigenvalue weighted by Gasteiger charge is -2.30. The molecule has 1 unspecified atom stereocenters. The average molecular weight is 431 g/mol. The van der Waals surface area contributed by atoms with E-state index in [0.29, 0.717) is 5.56 Å². The molecule has 0 heterocycles. The molecule has 0 saturated carbocycles. The van der Waals surface area contributed by atoms with E-state index in [-0.39, 0.29) is 6.54 Å². The van der Waals surface area contributed by atoms with Gasteiger partial charge in [-0.2, -0.15) is 0 Å². The number of amides is 1. The number of halogens is 4. The Bertz CT molecular complexity index is 597. The van der Waals surface area contributed by atoms with Crippen LogP contribution in [-0.4, -0.2) is 52.2 Å². The van der Waals surface area contributed by atoms with Gasteiger partial charge in [-0.25, -0.2) is 9.59 Å². The Morgan fingerprint density at radius 1 is 1.00 bits per heavy atom. The molecule has 25 heavy (non-hydrogen) atoms. The molecular weight excluding hydrogens is 416 g/mol. The van der Waals surface area contributed by atoms with Crippen LogP contribution in [0.4, 0.5) is 0 Å². The lowest BCUT2D eigenvalue weighted by Crippen LogP contribution is -2.50. The van der Waals surface area contributed by atoms with E-state index in [4.69, 9.17) is 51.1 Å². The van der Waals surface area contributed by atoms with Crippen molar-refractivity contribution in [3.63, 3.8) is 0 Å². The molecule has 0 radical (unpaired) electrons. The molecule has 0 aromatic heterocycles. The van der Waals surface area contributed by atoms with Gasteiger partial charge in [0.1, 0.15) is 6.61 Å². The maximum absolute atomic E-state index is 12.3. The number of nitrogens with zero attached hydrogens (tertiary/aromatic N) is 1. The van der Waals surface area contributed by atoms with Crippen LogP contribution in [0.1, 0.15) is 5.56 Å². The molecule has 1 rings (SSSR count). The number of methoxy groups -OCH3 is 1. The summed E-state index contributed by atoms with van der Waals surface area (Å²) in [5.41, 5.74) is 0.706. The van der Waals surface area contributed by atoms with E-state index >= 15 is 0 Å². The summed E-state index contributed by atoms with van der Waals surface area (Å²) in [7, 11) is 1.13. The van der Waals surface area contributed by atoms with E-state index in [9.17, 15) is 14.4 Å². The molecule has 0 N–H and O–H groups in total. The highest BCUT2D eigenvalue weighted by atomic mass is 35.5. The second-order valence-corrected chi connectivity index (χ2v) is 6.91. The summed E-state index contributed by atoms with van der Waals surface area (Å²) in [6.45, 7) is -0.515. The van der Waals surface area contributed by atoms with Crippen molar-refractivity contribution in [3.8, 4) is 0 Å². The third-order valence-electron chi connectivity index (χ3n) is 3.08. The zero-order chi connectivity index (χ0) is 19.0. The Hall–Kier alpha value is -1.21. The molecule has 0 aliphatic carbocycles. The molecule has 0 aliphatic rings. The zero-order valence-corrected chi connectivity index (χ0v) is 16.1. The maximum Gasteiger partial charge on any atom is 0.339 e. The average Bonchev–Trinajstić information content (AvgIpc) is 2.60. The fourth-order valence-electron chi connectivity index (χ4n) is 1.89. The molecule has 0 bridgehead atoms. The van der Waals surface area contributed by atoms with Crippen LogP contribution in [0.2, 0.25) is 0 Å². The van der Waals surface area contributed by atoms with Gasteiger partial charge in [-0.3, -0.25) is 4.79 Å². The lowest BCUT2D eigenvalue weighted by molar-refractivity contribution is -0.159. The third-order valence-corrected chi connectivity index (χ3v) is 3.81. The molecule has 1 amide bonds. The van der Waals surface area contributed by atoms with Gasteiger partial charge >= 0.3 is 11.9 Å². The summed E-state index contributed by atoms with van der Waals surface area (Å²) in [4.78, 5) is 34.1. The van der Waals surface area contributed by atoms with Gasteiger partial charge in [-0.1, -0.05) is 76.7 Å². The van der Waals surface area contributed by atoms with Gasteiger partial charge in [-0.05, 0) is 5.56 Å². The summed E-state index contributed by atoms with van der Waals surface area (Å²) in [5.74, 6) is -2.52. The smallest absolute Gasteiger partial charge is 0.339 e. The third kappa shape index (κ3) is 6.90. The minimum atomic E-state index is -1.43. The number of hydrogen-bond acceptors (Lipinski definition) is 5. The van der Waals surface area contributed by atoms with Crippen molar-refractivity contribution >= 4 is 64.2 Å². The Labute approximate surface area is 164 Å². The minimum Gasteiger partial charge on any atom is -0.467 e. The Kier molecular flexibility index (Phi) is 9.35. The predicted molar refractivity (Wildman–Crippen MR) is 94.7 cm³/mol. The Balaban J connectivity index is 3.07. The second kappa shape index (κ2) is 10.7. The van der Waals surface area contributed by atoms with Crippen molar-refractivity contribution in [1.82, 2.24) is 4.90 Å². The largest absolute Gasteiger partial charge is 0.467 e. The highest BCUT2D eigenvalue weighted by Gasteiger charge is 2.35. The molecule has 0 aliphatic heterocycles. The highest BCUT2D eigenvalue weighted by Crippen LogP contribution is 2.17. The molecule has 0 fully saturated rings. The predicted octanol–water partition coefficient (Wildman–Crippen LogP) is 2.71. The van der Waals surface area contributed by atoms with Crippen molar-refractivity contribution in [2.75, 3.05) is 13.7 Å². The van der Waals surface area contributed by atoms with Crippen LogP contribution in [0.5, 0.6) is 0 Å². The summed E-state index contributed by atoms with van der Waals surface area (Å²) in [5, 5.41) is 0. The first-order chi connectivity index (χ1) is 11.8. The fraction of sp³-hybridized carbons (Fsp3) is 0.400. The van der Waals surface area contributed by atoms with Gasteiger partial charge in [0.2, 0.25) is 4.84 Å². The molecule has 0 spiro atoms. The number of carbonyl (C=O) groups excluding carboxylic acids is 3. The number of alkyl halides is 4. The number of ether oxygens (including phenoxy) is 2. The first-order valence-electron chi connectivity index (χ1n) is 6.93. The van der Waals surface area contributed by atoms with Gasteiger partial charge in [0.15, 0.2) is 10.9 Å². The molecule has 1 aromatic carbocycles. The van der Waals surface area contributed by atoms with E-state index in [0.717, 1.165) is 12.0 Å². The van der Waals surface area contributed by atoms with Crippen LogP contribution in [0.25, 0.3) is 0 Å². The van der Waals surface area contributed by atoms with Crippen LogP contribution >= 0.6 is 46.4 Å². The zero-order valence-electron chi connectivity index (χ0n) is 13.0. The maximum atomic E-state index is 12.3. The van der Waals surface area contributed by atoms with Crippen molar-refractivity contribution in [3.05, 3.63) is 35.9 Å². The molecule has 1 aromatic rings. The fourth-order valence-corrected chi connectivity index (χ4v) is 2.27. The first-order valence-corrected chi connectivity index (χ1v) is 8.67. The lowest BCUT2D eigenvalue weighted by atomic mass is 10.1. The second-order valence-electron chi connectivity index (χ2n) is 4.72. The summed E-state index contributed by atoms with van der Waals surface area (Å²) in [6, 6.07) is 7.53. The van der Waals surface area contributed by atoms with Gasteiger partial charge in [0.05, 0.1) is 7.11 Å². The Morgan fingerprint density at radius 2 is 1.60 bits per heavy atom. The van der Waals surface area contributed by atoms with E-state index < -0.39 is 40.2 Å². The standard InChI is InChI=1S/C15H15Cl4NO5/c1-24-14(22)10(8-25-15(23)12(18)19)20(13(21)11(16)17)7-9-5-3-2-4-6-9/h2-6,10-12H,7-8H2,1H3. The molecule has 0 saturated heterocycles. The van der Waals surface area contributed by atoms with Crippen molar-refractivity contribution < 1.29 is 23.9 Å². The highest BCUT2D eigenvalue weighted by molar-refractivity contribution is 6.53. The Morgan fingerprint density at radius 3 is 2.08 bits per heavy atom. The van der Waals surface area contributed by atoms with Crippen molar-refractivity contribution in [1.29, 1.82) is 0 Å². The van der Waals surface area contributed by atoms with Crippen LogP contribution in [-0.2, 0) is 30.4 Å². The van der Waals surface area contributed by atoms with Gasteiger partial charge in [0, 0.05) is 6.54 Å². The summed E-state index contributed by atoms with van der Waals surface area (Å²) >= 11 is 22.1. The SMILES string of the molecule is COC(=O)C(COC(=O)C(Cl)Cl)N(Cc1ccccc1)C(=O)C(Cl)Cl. The van der Waals surface area contributed by atoms with Crippen LogP contribution in [0.3, 0.4) is 0 Å². The molecular formula is C15H15Cl4NO5. The number of esters is 2. The van der Waals surface area contributed by atoms with E-state index in [1.54, 1.807) is 30.3 Å². The van der Waals surface area contributed by atoms with Crippen LogP contribution in [0, 0.1) is 0 Å². The van der Waals surface area contributed by atoms with Gasteiger partial charge < -0.3 is 14.4 Å². The monoisotopic (exact) mass is 429 g/mol. The minimum absolute atomic E-state index is 0.00188. The molecule has 10 heteroatoms. The molecule has 138 valence electrons. The van der Waals surface area contributed by atoms with E-state index in [1.807, 2.05) is 0 Å². The van der Waals surface area contributed by atoms with Crippen molar-refractivity contribution in [2.24, 2.45) is 0 Å². The topological polar surface area (TPSA) is 72.9 Å². The number of carbonyl (C=O) groups is 3. The summed E-state index contributed by atoms with van der Waals surface area (Å²) in [6.07, 6.45) is 0. The molecule has 6 nitrogen and oxygen atoms in total. The van der Waals surface area contributed by atoms with Gasteiger partial charge in [0.25, 0.3) is 5.91 Å². The number of hydrogen-bond donors (Lipinski definition) is 0.